The van der Waals surface area contributed by atoms with Gasteiger partial charge >= 0.3 is 0 Å². The number of likely N-dealkylation sites (tertiary alicyclic amines) is 1. The van der Waals surface area contributed by atoms with Gasteiger partial charge in [0.25, 0.3) is 0 Å². The first-order valence-corrected chi connectivity index (χ1v) is 12.0. The van der Waals surface area contributed by atoms with Crippen molar-refractivity contribution in [1.82, 2.24) is 9.80 Å². The minimum atomic E-state index is -0.152. The maximum Gasteiger partial charge on any atom is 0.233 e. The van der Waals surface area contributed by atoms with Gasteiger partial charge in [-0.2, -0.15) is 0 Å². The van der Waals surface area contributed by atoms with E-state index in [9.17, 15) is 14.4 Å². The summed E-state index contributed by atoms with van der Waals surface area (Å²) in [6.07, 6.45) is 17.4. The molecule has 0 aromatic rings. The van der Waals surface area contributed by atoms with Gasteiger partial charge in [-0.05, 0) is 43.9 Å². The molecule has 4 unspecified atom stereocenters. The summed E-state index contributed by atoms with van der Waals surface area (Å²) in [7, 11) is 0. The SMILES string of the molecule is O=C1C2C3C=CC(C3)C2C(=O)N1CCC(=O)N(C1CCCCC1)C1CCCCC1. The molecule has 1 saturated heterocycles. The van der Waals surface area contributed by atoms with Gasteiger partial charge in [0.1, 0.15) is 0 Å². The third-order valence-corrected chi connectivity index (χ3v) is 8.34. The Hall–Kier alpha value is -1.65. The van der Waals surface area contributed by atoms with E-state index in [-0.39, 0.29) is 47.9 Å². The van der Waals surface area contributed by atoms with Crippen LogP contribution < -0.4 is 0 Å². The zero-order chi connectivity index (χ0) is 20.0. The normalized spacial score (nSPS) is 34.8. The van der Waals surface area contributed by atoms with Gasteiger partial charge in [0.2, 0.25) is 17.7 Å². The summed E-state index contributed by atoms with van der Waals surface area (Å²) in [4.78, 5) is 42.8. The van der Waals surface area contributed by atoms with Crippen LogP contribution in [0.4, 0.5) is 0 Å². The molecule has 5 heteroatoms. The van der Waals surface area contributed by atoms with Crippen LogP contribution >= 0.6 is 0 Å². The molecule has 0 aromatic carbocycles. The molecule has 29 heavy (non-hydrogen) atoms. The zero-order valence-corrected chi connectivity index (χ0v) is 17.4. The highest BCUT2D eigenvalue weighted by molar-refractivity contribution is 6.06. The van der Waals surface area contributed by atoms with Crippen LogP contribution in [0.3, 0.4) is 0 Å². The number of carbonyl (C=O) groups excluding carboxylic acids is 3. The van der Waals surface area contributed by atoms with Gasteiger partial charge < -0.3 is 4.90 Å². The monoisotopic (exact) mass is 398 g/mol. The van der Waals surface area contributed by atoms with Crippen molar-refractivity contribution in [3.05, 3.63) is 12.2 Å². The Morgan fingerprint density at radius 2 is 1.31 bits per heavy atom. The van der Waals surface area contributed by atoms with E-state index < -0.39 is 0 Å². The van der Waals surface area contributed by atoms with Crippen molar-refractivity contribution in [1.29, 1.82) is 0 Å². The third-order valence-electron chi connectivity index (χ3n) is 8.34. The van der Waals surface area contributed by atoms with E-state index in [0.29, 0.717) is 18.5 Å². The van der Waals surface area contributed by atoms with E-state index in [1.807, 2.05) is 0 Å². The van der Waals surface area contributed by atoms with Crippen molar-refractivity contribution in [2.45, 2.75) is 89.1 Å². The molecule has 0 radical (unpaired) electrons. The second kappa shape index (κ2) is 7.88. The van der Waals surface area contributed by atoms with Crippen molar-refractivity contribution < 1.29 is 14.4 Å². The summed E-state index contributed by atoms with van der Waals surface area (Å²) < 4.78 is 0. The number of hydrogen-bond donors (Lipinski definition) is 0. The summed E-state index contributed by atoms with van der Waals surface area (Å²) in [6.45, 7) is 0.277. The number of nitrogens with zero attached hydrogens (tertiary/aromatic N) is 2. The molecule has 0 N–H and O–H groups in total. The second-order valence-corrected chi connectivity index (χ2v) is 9.96. The van der Waals surface area contributed by atoms with E-state index in [1.54, 1.807) is 0 Å². The highest BCUT2D eigenvalue weighted by atomic mass is 16.2. The number of hydrogen-bond acceptors (Lipinski definition) is 3. The van der Waals surface area contributed by atoms with Crippen LogP contribution in [0.25, 0.3) is 0 Å². The summed E-state index contributed by atoms with van der Waals surface area (Å²) in [6, 6.07) is 0.729. The fourth-order valence-electron chi connectivity index (χ4n) is 6.94. The Bertz CT molecular complexity index is 657. The Morgan fingerprint density at radius 3 is 1.79 bits per heavy atom. The average molecular weight is 399 g/mol. The second-order valence-electron chi connectivity index (χ2n) is 9.96. The molecule has 4 aliphatic carbocycles. The van der Waals surface area contributed by atoms with E-state index in [4.69, 9.17) is 0 Å². The molecule has 2 bridgehead atoms. The van der Waals surface area contributed by atoms with Gasteiger partial charge in [-0.25, -0.2) is 0 Å². The summed E-state index contributed by atoms with van der Waals surface area (Å²) in [5, 5.41) is 0. The number of amides is 3. The largest absolute Gasteiger partial charge is 0.337 e. The molecular weight excluding hydrogens is 364 g/mol. The van der Waals surface area contributed by atoms with Crippen LogP contribution in [-0.2, 0) is 14.4 Å². The molecule has 5 aliphatic rings. The standard InChI is InChI=1S/C24H34N2O3/c27-20(26(18-7-3-1-4-8-18)19-9-5-2-6-10-19)13-14-25-23(28)21-16-11-12-17(15-16)22(21)24(25)29/h11-12,16-19,21-22H,1-10,13-15H2. The van der Waals surface area contributed by atoms with Crippen LogP contribution in [0, 0.1) is 23.7 Å². The number of imide groups is 1. The first-order valence-electron chi connectivity index (χ1n) is 12.0. The zero-order valence-electron chi connectivity index (χ0n) is 17.4. The fraction of sp³-hybridized carbons (Fsp3) is 0.792. The quantitative estimate of drug-likeness (QED) is 0.524. The van der Waals surface area contributed by atoms with Gasteiger partial charge in [-0.15, -0.1) is 0 Å². The molecule has 5 rings (SSSR count). The van der Waals surface area contributed by atoms with E-state index in [2.05, 4.69) is 17.1 Å². The number of rotatable bonds is 5. The highest BCUT2D eigenvalue weighted by Gasteiger charge is 2.59. The first kappa shape index (κ1) is 19.3. The predicted octanol–water partition coefficient (Wildman–Crippen LogP) is 3.68. The van der Waals surface area contributed by atoms with Crippen LogP contribution in [-0.4, -0.2) is 46.1 Å². The molecule has 5 nitrogen and oxygen atoms in total. The Kier molecular flexibility index (Phi) is 5.25. The molecule has 4 atom stereocenters. The van der Waals surface area contributed by atoms with Crippen LogP contribution in [0.2, 0.25) is 0 Å². The fourth-order valence-corrected chi connectivity index (χ4v) is 6.94. The van der Waals surface area contributed by atoms with E-state index in [1.165, 1.54) is 43.4 Å². The number of allylic oxidation sites excluding steroid dienone is 2. The summed E-state index contributed by atoms with van der Waals surface area (Å²) >= 11 is 0. The van der Waals surface area contributed by atoms with Crippen LogP contribution in [0.1, 0.15) is 77.0 Å². The minimum absolute atomic E-state index is 0.0217. The Morgan fingerprint density at radius 1 is 0.828 bits per heavy atom. The predicted molar refractivity (Wildman–Crippen MR) is 110 cm³/mol. The van der Waals surface area contributed by atoms with Crippen LogP contribution in [0.5, 0.6) is 0 Å². The summed E-state index contributed by atoms with van der Waals surface area (Å²) in [5.41, 5.74) is 0. The van der Waals surface area contributed by atoms with Gasteiger partial charge in [0, 0.05) is 25.0 Å². The number of carbonyl (C=O) groups is 3. The minimum Gasteiger partial charge on any atom is -0.337 e. The smallest absolute Gasteiger partial charge is 0.233 e. The average Bonchev–Trinajstić information content (AvgIpc) is 3.43. The maximum atomic E-state index is 13.4. The molecule has 4 fully saturated rings. The lowest BCUT2D eigenvalue weighted by atomic mass is 9.85. The third kappa shape index (κ3) is 3.34. The molecule has 1 aliphatic heterocycles. The van der Waals surface area contributed by atoms with Gasteiger partial charge in [0.15, 0.2) is 0 Å². The summed E-state index contributed by atoms with van der Waals surface area (Å²) in [5.74, 6) is 0.299. The van der Waals surface area contributed by atoms with Crippen molar-refractivity contribution >= 4 is 17.7 Å². The molecule has 3 saturated carbocycles. The van der Waals surface area contributed by atoms with Crippen molar-refractivity contribution in [2.75, 3.05) is 6.54 Å². The lowest BCUT2D eigenvalue weighted by Crippen LogP contribution is -2.49. The van der Waals surface area contributed by atoms with Crippen molar-refractivity contribution in [2.24, 2.45) is 23.7 Å². The van der Waals surface area contributed by atoms with Crippen molar-refractivity contribution in [3.8, 4) is 0 Å². The van der Waals surface area contributed by atoms with Gasteiger partial charge in [-0.3, -0.25) is 19.3 Å². The van der Waals surface area contributed by atoms with Gasteiger partial charge in [-0.1, -0.05) is 50.7 Å². The lowest BCUT2D eigenvalue weighted by molar-refractivity contribution is -0.143. The molecular formula is C24H34N2O3. The first-order chi connectivity index (χ1) is 14.1. The van der Waals surface area contributed by atoms with E-state index in [0.717, 1.165) is 32.1 Å². The molecule has 158 valence electrons. The molecule has 1 heterocycles. The molecule has 3 amide bonds. The van der Waals surface area contributed by atoms with Crippen LogP contribution in [0.15, 0.2) is 12.2 Å². The Labute approximate surface area is 173 Å². The highest BCUT2D eigenvalue weighted by Crippen LogP contribution is 2.52. The topological polar surface area (TPSA) is 57.7 Å². The van der Waals surface area contributed by atoms with Crippen molar-refractivity contribution in [3.63, 3.8) is 0 Å². The maximum absolute atomic E-state index is 13.4. The lowest BCUT2D eigenvalue weighted by Gasteiger charge is -2.42. The molecule has 0 aromatic heterocycles. The Balaban J connectivity index is 1.25. The van der Waals surface area contributed by atoms with E-state index >= 15 is 0 Å². The molecule has 0 spiro atoms. The number of fused-ring (bicyclic) bond motifs is 5. The van der Waals surface area contributed by atoms with Gasteiger partial charge in [0.05, 0.1) is 11.8 Å².